The number of nitrogens with zero attached hydrogens (tertiary/aromatic N) is 1. The van der Waals surface area contributed by atoms with Crippen molar-refractivity contribution in [3.8, 4) is 0 Å². The molecule has 1 aromatic carbocycles. The van der Waals surface area contributed by atoms with E-state index in [1.807, 2.05) is 0 Å². The Morgan fingerprint density at radius 2 is 1.94 bits per heavy atom. The summed E-state index contributed by atoms with van der Waals surface area (Å²) < 4.78 is 25.6. The van der Waals surface area contributed by atoms with Crippen LogP contribution < -0.4 is 5.73 Å². The third-order valence-corrected chi connectivity index (χ3v) is 4.81. The van der Waals surface area contributed by atoms with E-state index in [0.29, 0.717) is 0 Å². The molecule has 0 spiro atoms. The first-order valence-electron chi connectivity index (χ1n) is 5.48. The van der Waals surface area contributed by atoms with Crippen molar-refractivity contribution in [3.63, 3.8) is 0 Å². The van der Waals surface area contributed by atoms with Crippen LogP contribution in [-0.2, 0) is 14.8 Å². The lowest BCUT2D eigenvalue weighted by atomic mass is 10.2. The van der Waals surface area contributed by atoms with Gasteiger partial charge in [-0.1, -0.05) is 18.2 Å². The Hall–Kier alpha value is -1.44. The van der Waals surface area contributed by atoms with E-state index in [1.54, 1.807) is 18.2 Å². The maximum absolute atomic E-state index is 12.3. The van der Waals surface area contributed by atoms with Crippen molar-refractivity contribution in [2.75, 3.05) is 6.54 Å². The first-order chi connectivity index (χ1) is 8.43. The molecule has 7 heteroatoms. The summed E-state index contributed by atoms with van der Waals surface area (Å²) in [6.45, 7) is 0.0359. The maximum atomic E-state index is 12.3. The second-order valence-electron chi connectivity index (χ2n) is 4.24. The summed E-state index contributed by atoms with van der Waals surface area (Å²) in [7, 11) is -3.79. The Bertz CT molecular complexity index is 543. The molecule has 0 amide bonds. The molecule has 1 aliphatic rings. The van der Waals surface area contributed by atoms with E-state index >= 15 is 0 Å². The Morgan fingerprint density at radius 1 is 1.33 bits per heavy atom. The Balaban J connectivity index is 2.38. The number of rotatable bonds is 3. The molecule has 0 saturated carbocycles. The number of sulfonamides is 1. The van der Waals surface area contributed by atoms with Crippen molar-refractivity contribution in [2.45, 2.75) is 23.4 Å². The van der Waals surface area contributed by atoms with E-state index in [1.165, 1.54) is 12.1 Å². The minimum Gasteiger partial charge on any atom is -0.480 e. The van der Waals surface area contributed by atoms with Gasteiger partial charge in [-0.3, -0.25) is 4.79 Å². The molecular formula is C11H14N2O4S. The highest BCUT2D eigenvalue weighted by Gasteiger charge is 2.42. The van der Waals surface area contributed by atoms with Gasteiger partial charge >= 0.3 is 5.97 Å². The van der Waals surface area contributed by atoms with Gasteiger partial charge in [-0.25, -0.2) is 8.42 Å². The molecule has 0 aliphatic carbocycles. The Kier molecular flexibility index (Phi) is 3.38. The van der Waals surface area contributed by atoms with Crippen LogP contribution in [0.1, 0.15) is 6.42 Å². The van der Waals surface area contributed by atoms with E-state index in [2.05, 4.69) is 0 Å². The van der Waals surface area contributed by atoms with Gasteiger partial charge in [0.15, 0.2) is 0 Å². The van der Waals surface area contributed by atoms with E-state index < -0.39 is 28.1 Å². The lowest BCUT2D eigenvalue weighted by Crippen LogP contribution is -2.40. The lowest BCUT2D eigenvalue weighted by Gasteiger charge is -2.20. The van der Waals surface area contributed by atoms with Crippen molar-refractivity contribution in [1.29, 1.82) is 0 Å². The predicted octanol–water partition coefficient (Wildman–Crippen LogP) is -0.138. The van der Waals surface area contributed by atoms with Crippen LogP contribution in [-0.4, -0.2) is 42.4 Å². The van der Waals surface area contributed by atoms with Gasteiger partial charge in [0, 0.05) is 12.6 Å². The van der Waals surface area contributed by atoms with Crippen LogP contribution in [0.15, 0.2) is 35.2 Å². The second kappa shape index (κ2) is 4.68. The monoisotopic (exact) mass is 270 g/mol. The summed E-state index contributed by atoms with van der Waals surface area (Å²) in [5.74, 6) is -1.16. The lowest BCUT2D eigenvalue weighted by molar-refractivity contribution is -0.140. The van der Waals surface area contributed by atoms with Crippen LogP contribution in [0.2, 0.25) is 0 Å². The molecule has 1 heterocycles. The highest BCUT2D eigenvalue weighted by Crippen LogP contribution is 2.25. The minimum atomic E-state index is -3.79. The summed E-state index contributed by atoms with van der Waals surface area (Å²) in [6.07, 6.45) is 0.140. The largest absolute Gasteiger partial charge is 0.480 e. The predicted molar refractivity (Wildman–Crippen MR) is 64.4 cm³/mol. The fraction of sp³-hybridized carbons (Fsp3) is 0.364. The van der Waals surface area contributed by atoms with Crippen LogP contribution in [0, 0.1) is 0 Å². The highest BCUT2D eigenvalue weighted by molar-refractivity contribution is 7.89. The molecule has 18 heavy (non-hydrogen) atoms. The zero-order valence-corrected chi connectivity index (χ0v) is 10.4. The molecule has 98 valence electrons. The number of aliphatic carboxylic acids is 1. The van der Waals surface area contributed by atoms with E-state index in [0.717, 1.165) is 4.31 Å². The number of benzene rings is 1. The molecule has 0 aromatic heterocycles. The number of carboxylic acid groups (broad SMARTS) is 1. The van der Waals surface area contributed by atoms with Gasteiger partial charge < -0.3 is 10.8 Å². The van der Waals surface area contributed by atoms with Crippen molar-refractivity contribution in [3.05, 3.63) is 30.3 Å². The second-order valence-corrected chi connectivity index (χ2v) is 6.13. The molecule has 0 radical (unpaired) electrons. The summed E-state index contributed by atoms with van der Waals surface area (Å²) >= 11 is 0. The zero-order valence-electron chi connectivity index (χ0n) is 9.56. The summed E-state index contributed by atoms with van der Waals surface area (Å²) in [6, 6.07) is 6.26. The minimum absolute atomic E-state index is 0.0359. The van der Waals surface area contributed by atoms with Crippen LogP contribution in [0.25, 0.3) is 0 Å². The Morgan fingerprint density at radius 3 is 2.50 bits per heavy atom. The zero-order chi connectivity index (χ0) is 13.3. The molecule has 6 nitrogen and oxygen atoms in total. The molecule has 2 unspecified atom stereocenters. The van der Waals surface area contributed by atoms with Gasteiger partial charge in [-0.05, 0) is 18.6 Å². The first-order valence-corrected chi connectivity index (χ1v) is 6.92. The summed E-state index contributed by atoms with van der Waals surface area (Å²) in [5.41, 5.74) is 5.66. The van der Waals surface area contributed by atoms with Gasteiger partial charge in [0.05, 0.1) is 4.90 Å². The van der Waals surface area contributed by atoms with Crippen molar-refractivity contribution >= 4 is 16.0 Å². The van der Waals surface area contributed by atoms with Crippen LogP contribution in [0.3, 0.4) is 0 Å². The van der Waals surface area contributed by atoms with Gasteiger partial charge in [-0.15, -0.1) is 0 Å². The first kappa shape index (κ1) is 13.0. The molecule has 2 rings (SSSR count). The van der Waals surface area contributed by atoms with Crippen LogP contribution in [0.5, 0.6) is 0 Å². The van der Waals surface area contributed by atoms with E-state index in [-0.39, 0.29) is 17.9 Å². The number of hydrogen-bond donors (Lipinski definition) is 2. The number of carbonyl (C=O) groups is 1. The number of nitrogens with two attached hydrogens (primary N) is 1. The molecule has 1 aliphatic heterocycles. The van der Waals surface area contributed by atoms with Gasteiger partial charge in [0.1, 0.15) is 6.04 Å². The molecule has 0 bridgehead atoms. The molecule has 2 atom stereocenters. The number of hydrogen-bond acceptors (Lipinski definition) is 4. The smallest absolute Gasteiger partial charge is 0.322 e. The molecule has 3 N–H and O–H groups in total. The van der Waals surface area contributed by atoms with E-state index in [9.17, 15) is 13.2 Å². The SMILES string of the molecule is NC1CC(C(=O)O)N(S(=O)(=O)c2ccccc2)C1. The van der Waals surface area contributed by atoms with E-state index in [4.69, 9.17) is 10.8 Å². The molecule has 1 fully saturated rings. The topological polar surface area (TPSA) is 101 Å². The van der Waals surface area contributed by atoms with Gasteiger partial charge in [-0.2, -0.15) is 4.31 Å². The van der Waals surface area contributed by atoms with Crippen LogP contribution in [0.4, 0.5) is 0 Å². The number of carboxylic acids is 1. The van der Waals surface area contributed by atoms with Gasteiger partial charge in [0.2, 0.25) is 10.0 Å². The standard InChI is InChI=1S/C11H14N2O4S/c12-8-6-10(11(14)15)13(7-8)18(16,17)9-4-2-1-3-5-9/h1-5,8,10H,6-7,12H2,(H,14,15). The summed E-state index contributed by atoms with van der Waals surface area (Å²) in [5, 5.41) is 9.05. The Labute approximate surface area is 105 Å². The third-order valence-electron chi connectivity index (χ3n) is 2.92. The average Bonchev–Trinajstić information content (AvgIpc) is 2.73. The normalized spacial score (nSPS) is 25.2. The van der Waals surface area contributed by atoms with Crippen molar-refractivity contribution in [1.82, 2.24) is 4.31 Å². The van der Waals surface area contributed by atoms with Crippen molar-refractivity contribution in [2.24, 2.45) is 5.73 Å². The van der Waals surface area contributed by atoms with Crippen LogP contribution >= 0.6 is 0 Å². The molecular weight excluding hydrogens is 256 g/mol. The molecule has 1 saturated heterocycles. The maximum Gasteiger partial charge on any atom is 0.322 e. The fourth-order valence-corrected chi connectivity index (χ4v) is 3.73. The average molecular weight is 270 g/mol. The quantitative estimate of drug-likeness (QED) is 0.796. The fourth-order valence-electron chi connectivity index (χ4n) is 2.05. The summed E-state index contributed by atoms with van der Waals surface area (Å²) in [4.78, 5) is 11.2. The highest BCUT2D eigenvalue weighted by atomic mass is 32.2. The molecule has 1 aromatic rings. The van der Waals surface area contributed by atoms with Crippen molar-refractivity contribution < 1.29 is 18.3 Å². The third kappa shape index (κ3) is 2.24. The van der Waals surface area contributed by atoms with Gasteiger partial charge in [0.25, 0.3) is 0 Å².